The predicted octanol–water partition coefficient (Wildman–Crippen LogP) is 4.23. The van der Waals surface area contributed by atoms with Gasteiger partial charge >= 0.3 is 6.03 Å². The number of benzene rings is 1. The maximum Gasteiger partial charge on any atom is 0.328 e. The van der Waals surface area contributed by atoms with E-state index in [0.717, 1.165) is 42.9 Å². The van der Waals surface area contributed by atoms with Crippen LogP contribution in [-0.2, 0) is 17.8 Å². The molecular weight excluding hydrogens is 440 g/mol. The summed E-state index contributed by atoms with van der Waals surface area (Å²) in [5, 5.41) is 0. The van der Waals surface area contributed by atoms with E-state index in [-0.39, 0.29) is 18.5 Å². The standard InChI is InChI=1S/C28H30N4O3/c33-26-28(13-18-30(19-14-28)16-5-10-25-11-6-20-35-25)32(17-12-23-7-2-1-3-8-23)27(34)31(26)22-24-9-4-15-29-21-24/h1-11,15,20-21H,12-14,16-19,22H2/b10-5+. The van der Waals surface area contributed by atoms with Gasteiger partial charge in [-0.15, -0.1) is 0 Å². The zero-order valence-electron chi connectivity index (χ0n) is 19.8. The molecule has 2 aliphatic rings. The minimum absolute atomic E-state index is 0.0785. The molecule has 2 aromatic heterocycles. The first-order valence-corrected chi connectivity index (χ1v) is 12.1. The molecule has 4 heterocycles. The lowest BCUT2D eigenvalue weighted by Crippen LogP contribution is -2.57. The number of hydrogen-bond donors (Lipinski definition) is 0. The third-order valence-electron chi connectivity index (χ3n) is 7.02. The summed E-state index contributed by atoms with van der Waals surface area (Å²) in [7, 11) is 0. The summed E-state index contributed by atoms with van der Waals surface area (Å²) in [6, 6.07) is 17.5. The SMILES string of the molecule is O=C1N(Cc2cccnc2)C(=O)C2(CCN(C/C=C/c3ccco3)CC2)N1CCc1ccccc1. The van der Waals surface area contributed by atoms with Crippen molar-refractivity contribution >= 4 is 18.0 Å². The van der Waals surface area contributed by atoms with Crippen LogP contribution in [0.1, 0.15) is 29.7 Å². The van der Waals surface area contributed by atoms with Gasteiger partial charge in [0.15, 0.2) is 0 Å². The molecule has 7 heteroatoms. The summed E-state index contributed by atoms with van der Waals surface area (Å²) in [4.78, 5) is 37.1. The molecule has 0 unspecified atom stereocenters. The molecule has 5 rings (SSSR count). The average Bonchev–Trinajstić information content (AvgIpc) is 3.48. The first-order chi connectivity index (χ1) is 17.2. The van der Waals surface area contributed by atoms with Crippen LogP contribution in [0.5, 0.6) is 0 Å². The van der Waals surface area contributed by atoms with Gasteiger partial charge in [-0.2, -0.15) is 0 Å². The average molecular weight is 471 g/mol. The molecule has 3 aromatic rings. The van der Waals surface area contributed by atoms with Crippen molar-refractivity contribution in [2.24, 2.45) is 0 Å². The smallest absolute Gasteiger partial charge is 0.328 e. The molecule has 1 spiro atoms. The molecule has 180 valence electrons. The van der Waals surface area contributed by atoms with E-state index >= 15 is 0 Å². The van der Waals surface area contributed by atoms with Crippen LogP contribution in [0.2, 0.25) is 0 Å². The van der Waals surface area contributed by atoms with Crippen LogP contribution in [0.25, 0.3) is 6.08 Å². The highest BCUT2D eigenvalue weighted by molar-refractivity contribution is 6.07. The normalized spacial score (nSPS) is 18.3. The first-order valence-electron chi connectivity index (χ1n) is 12.1. The Morgan fingerprint density at radius 3 is 2.49 bits per heavy atom. The number of furan rings is 1. The number of nitrogens with zero attached hydrogens (tertiary/aromatic N) is 4. The zero-order valence-corrected chi connectivity index (χ0v) is 19.8. The van der Waals surface area contributed by atoms with E-state index in [1.807, 2.05) is 53.4 Å². The second-order valence-electron chi connectivity index (χ2n) is 9.17. The number of aromatic nitrogens is 1. The Bertz CT molecular complexity index is 1150. The van der Waals surface area contributed by atoms with Crippen molar-refractivity contribution in [3.05, 3.63) is 96.2 Å². The Morgan fingerprint density at radius 1 is 0.971 bits per heavy atom. The van der Waals surface area contributed by atoms with Gasteiger partial charge in [0, 0.05) is 38.6 Å². The molecule has 1 aromatic carbocycles. The minimum Gasteiger partial charge on any atom is -0.465 e. The fourth-order valence-corrected chi connectivity index (χ4v) is 5.08. The van der Waals surface area contributed by atoms with E-state index in [4.69, 9.17) is 4.42 Å². The van der Waals surface area contributed by atoms with E-state index in [1.54, 1.807) is 18.7 Å². The monoisotopic (exact) mass is 470 g/mol. The van der Waals surface area contributed by atoms with Gasteiger partial charge in [-0.1, -0.05) is 42.5 Å². The van der Waals surface area contributed by atoms with E-state index < -0.39 is 5.54 Å². The predicted molar refractivity (Wildman–Crippen MR) is 133 cm³/mol. The van der Waals surface area contributed by atoms with Crippen molar-refractivity contribution < 1.29 is 14.0 Å². The van der Waals surface area contributed by atoms with Gasteiger partial charge in [0.25, 0.3) is 5.91 Å². The van der Waals surface area contributed by atoms with Gasteiger partial charge in [-0.25, -0.2) is 4.79 Å². The molecule has 0 bridgehead atoms. The highest BCUT2D eigenvalue weighted by atomic mass is 16.3. The van der Waals surface area contributed by atoms with Crippen molar-refractivity contribution in [1.29, 1.82) is 0 Å². The Labute approximate surface area is 205 Å². The number of amides is 3. The number of carbonyl (C=O) groups is 2. The summed E-state index contributed by atoms with van der Waals surface area (Å²) in [6.45, 7) is 3.07. The molecule has 2 fully saturated rings. The first kappa shape index (κ1) is 23.1. The molecule has 0 atom stereocenters. The number of hydrogen-bond acceptors (Lipinski definition) is 5. The van der Waals surface area contributed by atoms with Crippen LogP contribution in [0.3, 0.4) is 0 Å². The van der Waals surface area contributed by atoms with Gasteiger partial charge in [-0.05, 0) is 54.7 Å². The molecule has 0 aliphatic carbocycles. The third-order valence-corrected chi connectivity index (χ3v) is 7.02. The summed E-state index contributed by atoms with van der Waals surface area (Å²) in [6.07, 6.45) is 11.1. The van der Waals surface area contributed by atoms with E-state index in [9.17, 15) is 9.59 Å². The number of likely N-dealkylation sites (tertiary alicyclic amines) is 1. The Kier molecular flexibility index (Phi) is 6.77. The summed E-state index contributed by atoms with van der Waals surface area (Å²) >= 11 is 0. The second kappa shape index (κ2) is 10.3. The minimum atomic E-state index is -0.782. The lowest BCUT2D eigenvalue weighted by Gasteiger charge is -2.42. The summed E-state index contributed by atoms with van der Waals surface area (Å²) in [5.41, 5.74) is 1.24. The summed E-state index contributed by atoms with van der Waals surface area (Å²) < 4.78 is 5.36. The number of piperidine rings is 1. The molecule has 0 N–H and O–H groups in total. The fourth-order valence-electron chi connectivity index (χ4n) is 5.08. The Hall–Kier alpha value is -3.71. The van der Waals surface area contributed by atoms with Gasteiger partial charge < -0.3 is 9.32 Å². The van der Waals surface area contributed by atoms with Gasteiger partial charge in [0.05, 0.1) is 12.8 Å². The van der Waals surface area contributed by atoms with Crippen molar-refractivity contribution in [1.82, 2.24) is 19.7 Å². The quantitative estimate of drug-likeness (QED) is 0.461. The molecule has 35 heavy (non-hydrogen) atoms. The number of pyridine rings is 1. The van der Waals surface area contributed by atoms with Crippen molar-refractivity contribution in [3.8, 4) is 0 Å². The summed E-state index contributed by atoms with van der Waals surface area (Å²) in [5.74, 6) is 0.748. The number of imide groups is 1. The Morgan fingerprint density at radius 2 is 1.77 bits per heavy atom. The van der Waals surface area contributed by atoms with E-state index in [0.29, 0.717) is 19.4 Å². The van der Waals surface area contributed by atoms with Crippen LogP contribution in [0.15, 0.2) is 83.7 Å². The topological polar surface area (TPSA) is 69.9 Å². The lowest BCUT2D eigenvalue weighted by molar-refractivity contribution is -0.136. The van der Waals surface area contributed by atoms with E-state index in [2.05, 4.69) is 28.1 Å². The fraction of sp³-hybridized carbons (Fsp3) is 0.321. The number of urea groups is 1. The molecule has 0 radical (unpaired) electrons. The van der Waals surface area contributed by atoms with E-state index in [1.165, 1.54) is 4.90 Å². The Balaban J connectivity index is 1.31. The third kappa shape index (κ3) is 4.91. The van der Waals surface area contributed by atoms with Gasteiger partial charge in [-0.3, -0.25) is 19.6 Å². The zero-order chi connectivity index (χ0) is 24.1. The van der Waals surface area contributed by atoms with Crippen molar-refractivity contribution in [2.45, 2.75) is 31.3 Å². The number of carbonyl (C=O) groups excluding carboxylic acids is 2. The molecule has 2 saturated heterocycles. The molecule has 7 nitrogen and oxygen atoms in total. The lowest BCUT2D eigenvalue weighted by atomic mass is 9.85. The van der Waals surface area contributed by atoms with Crippen LogP contribution >= 0.6 is 0 Å². The number of rotatable bonds is 8. The highest BCUT2D eigenvalue weighted by Crippen LogP contribution is 2.38. The second-order valence-corrected chi connectivity index (χ2v) is 9.17. The van der Waals surface area contributed by atoms with Crippen LogP contribution in [-0.4, -0.2) is 63.3 Å². The van der Waals surface area contributed by atoms with Crippen LogP contribution in [0.4, 0.5) is 4.79 Å². The van der Waals surface area contributed by atoms with Crippen LogP contribution in [0, 0.1) is 0 Å². The largest absolute Gasteiger partial charge is 0.465 e. The maximum absolute atomic E-state index is 13.8. The molecular formula is C28H30N4O3. The molecule has 2 aliphatic heterocycles. The van der Waals surface area contributed by atoms with Gasteiger partial charge in [0.2, 0.25) is 0 Å². The molecule has 3 amide bonds. The van der Waals surface area contributed by atoms with Gasteiger partial charge in [0.1, 0.15) is 11.3 Å². The van der Waals surface area contributed by atoms with Crippen molar-refractivity contribution in [3.63, 3.8) is 0 Å². The molecule has 0 saturated carbocycles. The van der Waals surface area contributed by atoms with Crippen LogP contribution < -0.4 is 0 Å². The maximum atomic E-state index is 13.8. The van der Waals surface area contributed by atoms with Crippen molar-refractivity contribution in [2.75, 3.05) is 26.2 Å². The highest BCUT2D eigenvalue weighted by Gasteiger charge is 2.57.